The van der Waals surface area contributed by atoms with Gasteiger partial charge in [0.15, 0.2) is 0 Å². The summed E-state index contributed by atoms with van der Waals surface area (Å²) in [5.41, 5.74) is 0.707. The minimum absolute atomic E-state index is 0. The molecule has 0 spiro atoms. The van der Waals surface area contributed by atoms with Crippen LogP contribution in [0.5, 0.6) is 0 Å². The molecule has 72 valence electrons. The van der Waals surface area contributed by atoms with Gasteiger partial charge in [0.2, 0.25) is 0 Å². The van der Waals surface area contributed by atoms with Crippen LogP contribution in [-0.4, -0.2) is 22.7 Å². The summed E-state index contributed by atoms with van der Waals surface area (Å²) >= 11 is 3.26. The van der Waals surface area contributed by atoms with Gasteiger partial charge in [-0.2, -0.15) is 0 Å². The molecule has 0 unspecified atom stereocenters. The monoisotopic (exact) mass is 286 g/mol. The van der Waals surface area contributed by atoms with E-state index >= 15 is 0 Å². The number of benzene rings is 1. The Hall–Kier alpha value is 0.276. The van der Waals surface area contributed by atoms with Gasteiger partial charge in [0.25, 0.3) is 0 Å². The minimum Gasteiger partial charge on any atom is -1.00 e. The van der Waals surface area contributed by atoms with Crippen molar-refractivity contribution in [3.05, 3.63) is 34.3 Å². The van der Waals surface area contributed by atoms with E-state index < -0.39 is 6.16 Å². The maximum absolute atomic E-state index is 10.1. The van der Waals surface area contributed by atoms with Crippen LogP contribution in [0.3, 0.4) is 0 Å². The minimum atomic E-state index is -1.83. The number of carbonyl (C=O) groups excluding carboxylic acids is 1. The number of aldehydes is 1. The summed E-state index contributed by atoms with van der Waals surface area (Å²) in [5, 5.41) is 13.9. The molecule has 14 heavy (non-hydrogen) atoms. The topological polar surface area (TPSA) is 74.6 Å². The van der Waals surface area contributed by atoms with Crippen LogP contribution in [0.4, 0.5) is 4.79 Å². The van der Waals surface area contributed by atoms with Crippen LogP contribution in [0.25, 0.3) is 0 Å². The molecule has 2 N–H and O–H groups in total. The molecule has 0 radical (unpaired) electrons. The molecule has 1 aromatic rings. The van der Waals surface area contributed by atoms with Crippen LogP contribution >= 0.6 is 15.9 Å². The summed E-state index contributed by atoms with van der Waals surface area (Å²) in [5.74, 6) is 0. The van der Waals surface area contributed by atoms with Crippen molar-refractivity contribution < 1.29 is 72.6 Å². The molecule has 0 fully saturated rings. The van der Waals surface area contributed by atoms with E-state index in [1.807, 2.05) is 12.1 Å². The van der Waals surface area contributed by atoms with Crippen molar-refractivity contribution >= 4 is 28.4 Å². The first kappa shape index (κ1) is 16.7. The Labute approximate surface area is 133 Å². The average molecular weight is 287 g/mol. The molecule has 0 aromatic heterocycles. The van der Waals surface area contributed by atoms with Crippen molar-refractivity contribution in [2.45, 2.75) is 0 Å². The number of carboxylic acid groups (broad SMARTS) is 2. The molecular formula is C8H8BrKO4. The van der Waals surface area contributed by atoms with E-state index in [0.29, 0.717) is 5.56 Å². The van der Waals surface area contributed by atoms with Crippen LogP contribution in [0.15, 0.2) is 28.7 Å². The second-order valence-corrected chi connectivity index (χ2v) is 2.87. The Morgan fingerprint density at radius 2 is 1.64 bits per heavy atom. The number of hydrogen-bond donors (Lipinski definition) is 2. The fraction of sp³-hybridized carbons (Fsp3) is 0. The normalized spacial score (nSPS) is 7.50. The molecule has 0 bridgehead atoms. The second kappa shape index (κ2) is 9.82. The first-order chi connectivity index (χ1) is 6.06. The van der Waals surface area contributed by atoms with Crippen molar-refractivity contribution in [1.82, 2.24) is 0 Å². The Kier molecular flexibility index (Phi) is 11.7. The van der Waals surface area contributed by atoms with Crippen molar-refractivity contribution in [3.8, 4) is 0 Å². The number of carbonyl (C=O) groups is 2. The van der Waals surface area contributed by atoms with Gasteiger partial charge in [-0.1, -0.05) is 28.1 Å². The van der Waals surface area contributed by atoms with Crippen LogP contribution in [0.2, 0.25) is 0 Å². The van der Waals surface area contributed by atoms with Crippen LogP contribution in [0.1, 0.15) is 11.8 Å². The van der Waals surface area contributed by atoms with Gasteiger partial charge in [-0.3, -0.25) is 4.79 Å². The number of rotatable bonds is 1. The summed E-state index contributed by atoms with van der Waals surface area (Å²) in [7, 11) is 0. The Balaban J connectivity index is -0.000000213. The molecule has 1 rings (SSSR count). The summed E-state index contributed by atoms with van der Waals surface area (Å²) in [6, 6.07) is 7.20. The molecule has 0 amide bonds. The largest absolute Gasteiger partial charge is 1.00 e. The number of halogens is 1. The van der Waals surface area contributed by atoms with E-state index in [0.717, 1.165) is 10.8 Å². The zero-order valence-electron chi connectivity index (χ0n) is 8.48. The fourth-order valence-electron chi connectivity index (χ4n) is 0.541. The van der Waals surface area contributed by atoms with E-state index in [1.165, 1.54) is 0 Å². The molecule has 1 aromatic carbocycles. The molecular weight excluding hydrogens is 279 g/mol. The van der Waals surface area contributed by atoms with Gasteiger partial charge in [-0.05, 0) is 12.1 Å². The maximum atomic E-state index is 10.1. The van der Waals surface area contributed by atoms with Gasteiger partial charge in [-0.15, -0.1) is 0 Å². The van der Waals surface area contributed by atoms with E-state index in [1.54, 1.807) is 12.1 Å². The zero-order valence-corrected chi connectivity index (χ0v) is 12.2. The molecule has 0 saturated heterocycles. The summed E-state index contributed by atoms with van der Waals surface area (Å²) < 4.78 is 0.994. The standard InChI is InChI=1S/C7H5BrO.CH2O3.K.H/c8-7-3-1-6(5-9)2-4-7;2-1(3)4;;/h1-5H;(H2,2,3,4);;/q;;+1;-1. The molecule has 6 heteroatoms. The Morgan fingerprint density at radius 3 is 1.93 bits per heavy atom. The zero-order chi connectivity index (χ0) is 10.3. The van der Waals surface area contributed by atoms with Crippen molar-refractivity contribution in [1.29, 1.82) is 0 Å². The van der Waals surface area contributed by atoms with Crippen molar-refractivity contribution in [3.63, 3.8) is 0 Å². The Morgan fingerprint density at radius 1 is 1.29 bits per heavy atom. The molecule has 0 heterocycles. The van der Waals surface area contributed by atoms with Gasteiger partial charge in [0.05, 0.1) is 0 Å². The van der Waals surface area contributed by atoms with E-state index in [-0.39, 0.29) is 52.8 Å². The third kappa shape index (κ3) is 10.4. The molecule has 0 saturated carbocycles. The first-order valence-corrected chi connectivity index (χ1v) is 3.98. The maximum Gasteiger partial charge on any atom is 1.00 e. The third-order valence-corrected chi connectivity index (χ3v) is 1.53. The summed E-state index contributed by atoms with van der Waals surface area (Å²) in [6.45, 7) is 0. The Bertz CT molecular complexity index is 287. The van der Waals surface area contributed by atoms with Crippen LogP contribution in [-0.2, 0) is 0 Å². The SMILES string of the molecule is O=C(O)O.O=Cc1ccc(Br)cc1.[H-].[K+]. The predicted molar refractivity (Wildman–Crippen MR) is 51.3 cm³/mol. The van der Waals surface area contributed by atoms with Crippen molar-refractivity contribution in [2.24, 2.45) is 0 Å². The molecule has 0 aliphatic heterocycles. The van der Waals surface area contributed by atoms with Gasteiger partial charge in [0.1, 0.15) is 6.29 Å². The van der Waals surface area contributed by atoms with Gasteiger partial charge < -0.3 is 11.6 Å². The van der Waals surface area contributed by atoms with Crippen molar-refractivity contribution in [2.75, 3.05) is 0 Å². The molecule has 0 aliphatic rings. The fourth-order valence-corrected chi connectivity index (χ4v) is 0.806. The third-order valence-electron chi connectivity index (χ3n) is 1.01. The average Bonchev–Trinajstić information content (AvgIpc) is 2.05. The quantitative estimate of drug-likeness (QED) is 0.544. The summed E-state index contributed by atoms with van der Waals surface area (Å²) in [6.07, 6.45) is -1.01. The van der Waals surface area contributed by atoms with E-state index in [2.05, 4.69) is 15.9 Å². The predicted octanol–water partition coefficient (Wildman–Crippen LogP) is -0.399. The number of hydrogen-bond acceptors (Lipinski definition) is 2. The molecule has 0 atom stereocenters. The second-order valence-electron chi connectivity index (χ2n) is 1.95. The van der Waals surface area contributed by atoms with Gasteiger partial charge >= 0.3 is 57.5 Å². The van der Waals surface area contributed by atoms with Crippen LogP contribution < -0.4 is 51.4 Å². The van der Waals surface area contributed by atoms with Crippen LogP contribution in [0, 0.1) is 0 Å². The summed E-state index contributed by atoms with van der Waals surface area (Å²) in [4.78, 5) is 18.7. The van der Waals surface area contributed by atoms with E-state index in [9.17, 15) is 4.79 Å². The smallest absolute Gasteiger partial charge is 1.00 e. The van der Waals surface area contributed by atoms with E-state index in [4.69, 9.17) is 15.0 Å². The van der Waals surface area contributed by atoms with Gasteiger partial charge in [0, 0.05) is 10.0 Å². The van der Waals surface area contributed by atoms with Gasteiger partial charge in [-0.25, -0.2) is 4.79 Å². The first-order valence-electron chi connectivity index (χ1n) is 3.19. The molecule has 4 nitrogen and oxygen atoms in total. The molecule has 0 aliphatic carbocycles.